The summed E-state index contributed by atoms with van der Waals surface area (Å²) in [5, 5.41) is 7.84. The molecule has 0 bridgehead atoms. The lowest BCUT2D eigenvalue weighted by atomic mass is 10.2. The van der Waals surface area contributed by atoms with Crippen molar-refractivity contribution in [2.75, 3.05) is 12.0 Å². The van der Waals surface area contributed by atoms with Gasteiger partial charge >= 0.3 is 5.97 Å². The predicted molar refractivity (Wildman–Crippen MR) is 68.3 cm³/mol. The molecule has 0 aromatic carbocycles. The number of carbonyl (C=O) groups excluding carboxylic acids is 1. The van der Waals surface area contributed by atoms with E-state index in [0.29, 0.717) is 5.69 Å². The number of nitrogens with zero attached hydrogens (tertiary/aromatic N) is 3. The first-order valence-electron chi connectivity index (χ1n) is 5.47. The number of rotatable bonds is 4. The zero-order chi connectivity index (χ0) is 13.1. The highest BCUT2D eigenvalue weighted by atomic mass is 32.2. The molecule has 0 atom stereocenters. The lowest BCUT2D eigenvalue weighted by Crippen LogP contribution is -2.24. The second-order valence-electron chi connectivity index (χ2n) is 4.74. The van der Waals surface area contributed by atoms with Crippen LogP contribution in [0, 0.1) is 6.92 Å². The average Bonchev–Trinajstić information content (AvgIpc) is 2.54. The third-order valence-corrected chi connectivity index (χ3v) is 2.67. The minimum Gasteiger partial charge on any atom is -0.455 e. The number of hydrogen-bond acceptors (Lipinski definition) is 5. The van der Waals surface area contributed by atoms with E-state index in [-0.39, 0.29) is 0 Å². The number of esters is 1. The molecule has 0 radical (unpaired) electrons. The van der Waals surface area contributed by atoms with Gasteiger partial charge in [0.15, 0.2) is 5.69 Å². The van der Waals surface area contributed by atoms with Gasteiger partial charge in [0.2, 0.25) is 0 Å². The van der Waals surface area contributed by atoms with Gasteiger partial charge in [0.1, 0.15) is 5.60 Å². The monoisotopic (exact) mass is 257 g/mol. The Morgan fingerprint density at radius 2 is 2.12 bits per heavy atom. The van der Waals surface area contributed by atoms with Gasteiger partial charge in [0.25, 0.3) is 0 Å². The Labute approximate surface area is 106 Å². The van der Waals surface area contributed by atoms with E-state index in [2.05, 4.69) is 10.3 Å². The molecule has 0 fully saturated rings. The van der Waals surface area contributed by atoms with Gasteiger partial charge in [-0.15, -0.1) is 5.10 Å². The van der Waals surface area contributed by atoms with E-state index in [9.17, 15) is 4.79 Å². The maximum Gasteiger partial charge on any atom is 0.361 e. The van der Waals surface area contributed by atoms with Crippen molar-refractivity contribution in [3.8, 4) is 0 Å². The van der Waals surface area contributed by atoms with Crippen molar-refractivity contribution in [3.63, 3.8) is 0 Å². The normalized spacial score (nSPS) is 11.6. The quantitative estimate of drug-likeness (QED) is 0.771. The van der Waals surface area contributed by atoms with E-state index < -0.39 is 11.6 Å². The van der Waals surface area contributed by atoms with E-state index in [4.69, 9.17) is 4.74 Å². The van der Waals surface area contributed by atoms with Crippen LogP contribution in [0.5, 0.6) is 0 Å². The molecule has 0 aliphatic carbocycles. The van der Waals surface area contributed by atoms with Crippen LogP contribution in [0.15, 0.2) is 0 Å². The molecule has 1 aromatic rings. The Balaban J connectivity index is 2.78. The molecule has 0 spiro atoms. The third kappa shape index (κ3) is 4.03. The fourth-order valence-electron chi connectivity index (χ4n) is 1.27. The SMILES string of the molecule is CSCCn1nnc(C(=O)OC(C)(C)C)c1C. The number of ether oxygens (including phenoxy) is 1. The smallest absolute Gasteiger partial charge is 0.361 e. The number of aryl methyl sites for hydroxylation is 1. The molecule has 1 rings (SSSR count). The molecule has 17 heavy (non-hydrogen) atoms. The molecule has 6 heteroatoms. The summed E-state index contributed by atoms with van der Waals surface area (Å²) in [6.07, 6.45) is 2.03. The summed E-state index contributed by atoms with van der Waals surface area (Å²) in [4.78, 5) is 11.8. The molecule has 1 heterocycles. The van der Waals surface area contributed by atoms with E-state index in [1.807, 2.05) is 34.0 Å². The lowest BCUT2D eigenvalue weighted by Gasteiger charge is -2.18. The lowest BCUT2D eigenvalue weighted by molar-refractivity contribution is 0.00619. The summed E-state index contributed by atoms with van der Waals surface area (Å²) in [5.41, 5.74) is 0.557. The van der Waals surface area contributed by atoms with Gasteiger partial charge in [-0.3, -0.25) is 0 Å². The van der Waals surface area contributed by atoms with Crippen LogP contribution in [0.1, 0.15) is 37.0 Å². The first-order valence-corrected chi connectivity index (χ1v) is 6.87. The van der Waals surface area contributed by atoms with Crippen molar-refractivity contribution in [1.29, 1.82) is 0 Å². The van der Waals surface area contributed by atoms with Crippen molar-refractivity contribution in [2.45, 2.75) is 39.8 Å². The van der Waals surface area contributed by atoms with Crippen LogP contribution in [0.4, 0.5) is 0 Å². The highest BCUT2D eigenvalue weighted by Crippen LogP contribution is 2.13. The van der Waals surface area contributed by atoms with Gasteiger partial charge in [-0.2, -0.15) is 11.8 Å². The van der Waals surface area contributed by atoms with Crippen LogP contribution in [0.25, 0.3) is 0 Å². The minimum atomic E-state index is -0.507. The molecule has 0 saturated heterocycles. The standard InChI is InChI=1S/C11H19N3O2S/c1-8-9(10(15)16-11(2,3)4)12-13-14(8)6-7-17-5/h6-7H2,1-5H3. The molecule has 0 aliphatic heterocycles. The summed E-state index contributed by atoms with van der Waals surface area (Å²) in [5.74, 6) is 0.531. The maximum atomic E-state index is 11.8. The first-order chi connectivity index (χ1) is 7.85. The minimum absolute atomic E-state index is 0.307. The first kappa shape index (κ1) is 14.0. The summed E-state index contributed by atoms with van der Waals surface area (Å²) < 4.78 is 6.99. The van der Waals surface area contributed by atoms with Crippen LogP contribution in [0.3, 0.4) is 0 Å². The maximum absolute atomic E-state index is 11.8. The van der Waals surface area contributed by atoms with Crippen molar-refractivity contribution < 1.29 is 9.53 Å². The van der Waals surface area contributed by atoms with Gasteiger partial charge in [-0.1, -0.05) is 5.21 Å². The van der Waals surface area contributed by atoms with Gasteiger partial charge in [-0.05, 0) is 34.0 Å². The van der Waals surface area contributed by atoms with Crippen LogP contribution >= 0.6 is 11.8 Å². The van der Waals surface area contributed by atoms with Crippen molar-refractivity contribution in [1.82, 2.24) is 15.0 Å². The third-order valence-electron chi connectivity index (χ3n) is 2.08. The zero-order valence-corrected chi connectivity index (χ0v) is 11.8. The fraction of sp³-hybridized carbons (Fsp3) is 0.727. The summed E-state index contributed by atoms with van der Waals surface area (Å²) in [6, 6.07) is 0. The van der Waals surface area contributed by atoms with Crippen molar-refractivity contribution in [3.05, 3.63) is 11.4 Å². The van der Waals surface area contributed by atoms with Gasteiger partial charge in [0, 0.05) is 5.75 Å². The average molecular weight is 257 g/mol. The second kappa shape index (κ2) is 5.53. The van der Waals surface area contributed by atoms with E-state index in [1.165, 1.54) is 0 Å². The Morgan fingerprint density at radius 1 is 1.47 bits per heavy atom. The molecule has 0 aliphatic rings. The van der Waals surface area contributed by atoms with Gasteiger partial charge in [-0.25, -0.2) is 9.48 Å². The van der Waals surface area contributed by atoms with Crippen LogP contribution in [0.2, 0.25) is 0 Å². The molecule has 0 saturated carbocycles. The Morgan fingerprint density at radius 3 is 2.65 bits per heavy atom. The van der Waals surface area contributed by atoms with Crippen molar-refractivity contribution in [2.24, 2.45) is 0 Å². The number of carbonyl (C=O) groups is 1. The highest BCUT2D eigenvalue weighted by molar-refractivity contribution is 7.98. The number of aromatic nitrogens is 3. The zero-order valence-electron chi connectivity index (χ0n) is 11.0. The molecule has 0 unspecified atom stereocenters. The van der Waals surface area contributed by atoms with E-state index in [1.54, 1.807) is 16.4 Å². The predicted octanol–water partition coefficient (Wildman–Crippen LogP) is 1.90. The van der Waals surface area contributed by atoms with Crippen LogP contribution < -0.4 is 0 Å². The molecular weight excluding hydrogens is 238 g/mol. The highest BCUT2D eigenvalue weighted by Gasteiger charge is 2.23. The topological polar surface area (TPSA) is 57.0 Å². The van der Waals surface area contributed by atoms with E-state index >= 15 is 0 Å². The number of thioether (sulfide) groups is 1. The fourth-order valence-corrected chi connectivity index (χ4v) is 1.62. The Hall–Kier alpha value is -1.04. The molecular formula is C11H19N3O2S. The summed E-state index contributed by atoms with van der Waals surface area (Å²) in [7, 11) is 0. The molecule has 0 N–H and O–H groups in total. The van der Waals surface area contributed by atoms with Crippen LogP contribution in [-0.4, -0.2) is 38.6 Å². The Bertz CT molecular complexity index is 396. The molecule has 5 nitrogen and oxygen atoms in total. The molecule has 1 aromatic heterocycles. The Kier molecular flexibility index (Phi) is 4.56. The van der Waals surface area contributed by atoms with Gasteiger partial charge < -0.3 is 4.74 Å². The van der Waals surface area contributed by atoms with E-state index in [0.717, 1.165) is 18.0 Å². The molecule has 0 amide bonds. The summed E-state index contributed by atoms with van der Waals surface area (Å²) >= 11 is 1.73. The number of hydrogen-bond donors (Lipinski definition) is 0. The summed E-state index contributed by atoms with van der Waals surface area (Å²) in [6.45, 7) is 8.08. The van der Waals surface area contributed by atoms with Crippen LogP contribution in [-0.2, 0) is 11.3 Å². The van der Waals surface area contributed by atoms with Crippen molar-refractivity contribution >= 4 is 17.7 Å². The molecule has 96 valence electrons. The van der Waals surface area contributed by atoms with Gasteiger partial charge in [0.05, 0.1) is 12.2 Å². The second-order valence-corrected chi connectivity index (χ2v) is 5.73. The largest absolute Gasteiger partial charge is 0.455 e.